The first kappa shape index (κ1) is 43.0. The first-order valence-electron chi connectivity index (χ1n) is 22.7. The average Bonchev–Trinajstić information content (AvgIpc) is 3.86. The van der Waals surface area contributed by atoms with E-state index in [9.17, 15) is 9.59 Å². The van der Waals surface area contributed by atoms with Crippen LogP contribution in [-0.2, 0) is 35.9 Å². The largest absolute Gasteiger partial charge is 0.482 e. The number of hydrogen-bond acceptors (Lipinski definition) is 11. The average molecular weight is 889 g/mol. The third kappa shape index (κ3) is 5.52. The van der Waals surface area contributed by atoms with Crippen molar-refractivity contribution in [2.45, 2.75) is 116 Å². The normalized spacial score (nSPS) is 32.7. The number of allylic oxidation sites excluding steroid dienone is 5. The lowest BCUT2D eigenvalue weighted by Gasteiger charge is -2.70. The number of fused-ring (bicyclic) bond motifs is 5. The summed E-state index contributed by atoms with van der Waals surface area (Å²) >= 11 is 6.31. The maximum absolute atomic E-state index is 16.0. The lowest BCUT2D eigenvalue weighted by atomic mass is 9.39. The van der Waals surface area contributed by atoms with Crippen LogP contribution in [0.5, 0.6) is 17.2 Å². The molecule has 11 rings (SSSR count). The van der Waals surface area contributed by atoms with Crippen LogP contribution in [0.3, 0.4) is 0 Å². The molecule has 8 atom stereocenters. The molecule has 5 heterocycles. The zero-order valence-corrected chi connectivity index (χ0v) is 38.9. The Morgan fingerprint density at radius 3 is 2.42 bits per heavy atom. The molecular weight excluding hydrogens is 832 g/mol. The van der Waals surface area contributed by atoms with E-state index < -0.39 is 63.6 Å². The Morgan fingerprint density at radius 2 is 1.72 bits per heavy atom. The summed E-state index contributed by atoms with van der Waals surface area (Å²) in [5.41, 5.74) is 1.51. The van der Waals surface area contributed by atoms with Crippen molar-refractivity contribution in [3.63, 3.8) is 0 Å². The summed E-state index contributed by atoms with van der Waals surface area (Å²) in [4.78, 5) is 60.2. The number of esters is 2. The van der Waals surface area contributed by atoms with E-state index in [4.69, 9.17) is 35.3 Å². The van der Waals surface area contributed by atoms with Crippen LogP contribution in [0, 0.1) is 23.7 Å². The molecule has 5 fully saturated rings. The zero-order chi connectivity index (χ0) is 45.5. The van der Waals surface area contributed by atoms with E-state index in [0.717, 1.165) is 28.8 Å². The summed E-state index contributed by atoms with van der Waals surface area (Å²) in [5, 5.41) is 4.04. The molecule has 9 aliphatic rings. The molecule has 2 spiro atoms. The minimum Gasteiger partial charge on any atom is -0.482 e. The lowest BCUT2D eigenvalue weighted by Crippen LogP contribution is -2.84. The maximum Gasteiger partial charge on any atom is 0.333 e. The van der Waals surface area contributed by atoms with Crippen LogP contribution >= 0.6 is 11.6 Å². The van der Waals surface area contributed by atoms with Gasteiger partial charge in [0.2, 0.25) is 0 Å². The zero-order valence-electron chi connectivity index (χ0n) is 38.2. The minimum absolute atomic E-state index is 0.0297. The summed E-state index contributed by atoms with van der Waals surface area (Å²) < 4.78 is 34.3. The van der Waals surface area contributed by atoms with E-state index in [2.05, 4.69) is 43.1 Å². The van der Waals surface area contributed by atoms with Crippen LogP contribution in [0.25, 0.3) is 11.8 Å². The first-order valence-corrected chi connectivity index (χ1v) is 23.2. The van der Waals surface area contributed by atoms with Crippen LogP contribution in [-0.4, -0.2) is 76.9 Å². The molecule has 1 N–H and O–H groups in total. The number of ketones is 2. The molecule has 0 radical (unpaired) electrons. The standard InChI is InChI=1S/C52H57ClN2O9/c1-27(2)13-12-20-49(8)21-19-33-42(62-49)32(17-16-28(3)4)44-39(43(33)61-36(56)26-53)52-45-37(38-40(55(52)24-23-54-52)30-14-10-11-15-31(30)41(38)57)34-25-35-48(6,7)64-50(46(34)58,51(35,45)63-44)22-18-29(5)47(59)60-9/h10-11,13-16,18-19,21,34-35,37,45,54H,12,17,20,22-26H2,1-9H3/b29-18-. The second-order valence-electron chi connectivity index (χ2n) is 20.2. The van der Waals surface area contributed by atoms with Gasteiger partial charge in [0.25, 0.3) is 0 Å². The summed E-state index contributed by atoms with van der Waals surface area (Å²) in [6.45, 7) is 17.1. The molecule has 2 saturated heterocycles. The highest BCUT2D eigenvalue weighted by Gasteiger charge is 2.89. The van der Waals surface area contributed by atoms with Crippen molar-refractivity contribution in [1.82, 2.24) is 10.2 Å². The Kier molecular flexibility index (Phi) is 9.74. The predicted octanol–water partition coefficient (Wildman–Crippen LogP) is 8.57. The van der Waals surface area contributed by atoms with E-state index in [1.807, 2.05) is 64.1 Å². The van der Waals surface area contributed by atoms with Crippen LogP contribution in [0.15, 0.2) is 70.9 Å². The SMILES string of the molecule is COC(=O)/C(C)=C\CC12OC(C)(C)C3CC(C1=O)C1C4=C(c5ccccc5C4=O)N4CCNC45c4c(OC(=O)CCl)c6c(c(CC=C(C)C)c4OC32C15)OC(C)(CCC=C(C)C)C=C6. The van der Waals surface area contributed by atoms with Gasteiger partial charge in [0.15, 0.2) is 28.5 Å². The number of rotatable bonds is 10. The number of nitrogens with zero attached hydrogens (tertiary/aromatic N) is 1. The van der Waals surface area contributed by atoms with Gasteiger partial charge in [-0.3, -0.25) is 19.7 Å². The van der Waals surface area contributed by atoms with Crippen molar-refractivity contribution < 1.29 is 42.9 Å². The van der Waals surface area contributed by atoms with Gasteiger partial charge in [0.05, 0.1) is 35.5 Å². The van der Waals surface area contributed by atoms with E-state index in [1.165, 1.54) is 12.7 Å². The molecule has 336 valence electrons. The summed E-state index contributed by atoms with van der Waals surface area (Å²) in [6, 6.07) is 7.69. The predicted molar refractivity (Wildman–Crippen MR) is 242 cm³/mol. The molecule has 4 aliphatic carbocycles. The Morgan fingerprint density at radius 1 is 0.984 bits per heavy atom. The molecule has 64 heavy (non-hydrogen) atoms. The van der Waals surface area contributed by atoms with Crippen LogP contribution in [0.1, 0.15) is 114 Å². The third-order valence-electron chi connectivity index (χ3n) is 15.6. The van der Waals surface area contributed by atoms with Gasteiger partial charge in [-0.1, -0.05) is 53.6 Å². The van der Waals surface area contributed by atoms with Crippen LogP contribution < -0.4 is 19.5 Å². The number of carbonyl (C=O) groups is 4. The topological polar surface area (TPSA) is 130 Å². The lowest BCUT2D eigenvalue weighted by molar-refractivity contribution is -0.245. The first-order chi connectivity index (χ1) is 30.4. The highest BCUT2D eigenvalue weighted by atomic mass is 35.5. The number of methoxy groups -OCH3 is 1. The van der Waals surface area contributed by atoms with E-state index in [-0.39, 0.29) is 29.7 Å². The van der Waals surface area contributed by atoms with Gasteiger partial charge in [0, 0.05) is 65.1 Å². The Bertz CT molecular complexity index is 2630. The van der Waals surface area contributed by atoms with Crippen molar-refractivity contribution in [1.29, 1.82) is 0 Å². The molecule has 2 aromatic rings. The van der Waals surface area contributed by atoms with Gasteiger partial charge in [-0.25, -0.2) is 4.79 Å². The maximum atomic E-state index is 16.0. The molecule has 8 unspecified atom stereocenters. The number of carbonyl (C=O) groups excluding carboxylic acids is 4. The number of benzene rings is 2. The van der Waals surface area contributed by atoms with Gasteiger partial charge >= 0.3 is 11.9 Å². The van der Waals surface area contributed by atoms with Gasteiger partial charge in [0.1, 0.15) is 28.6 Å². The summed E-state index contributed by atoms with van der Waals surface area (Å²) in [5.74, 6) is -2.78. The van der Waals surface area contributed by atoms with Crippen molar-refractivity contribution in [3.05, 3.63) is 98.7 Å². The number of nitrogens with one attached hydrogen (secondary N) is 1. The molecule has 5 aliphatic heterocycles. The van der Waals surface area contributed by atoms with Crippen LogP contribution in [0.2, 0.25) is 0 Å². The molecule has 3 saturated carbocycles. The highest BCUT2D eigenvalue weighted by molar-refractivity contribution is 6.26. The van der Waals surface area contributed by atoms with E-state index >= 15 is 9.59 Å². The molecule has 2 aromatic carbocycles. The molecule has 4 bridgehead atoms. The number of Topliss-reactive ketones (excluding diaryl/α,β-unsaturated/α-hetero) is 2. The van der Waals surface area contributed by atoms with Gasteiger partial charge < -0.3 is 28.6 Å². The van der Waals surface area contributed by atoms with E-state index in [0.29, 0.717) is 71.7 Å². The van der Waals surface area contributed by atoms with Crippen molar-refractivity contribution >= 4 is 46.9 Å². The molecule has 0 amide bonds. The van der Waals surface area contributed by atoms with Gasteiger partial charge in [-0.05, 0) is 93.2 Å². The Balaban J connectivity index is 1.35. The molecule has 0 aromatic heterocycles. The Hall–Kier alpha value is -4.97. The van der Waals surface area contributed by atoms with Crippen LogP contribution in [0.4, 0.5) is 0 Å². The fourth-order valence-corrected chi connectivity index (χ4v) is 13.2. The quantitative estimate of drug-likeness (QED) is 0.0810. The fourth-order valence-electron chi connectivity index (χ4n) is 13.2. The number of ether oxygens (including phenoxy) is 5. The number of hydrogen-bond donors (Lipinski definition) is 1. The third-order valence-corrected chi connectivity index (χ3v) is 15.8. The summed E-state index contributed by atoms with van der Waals surface area (Å²) in [6.07, 6.45) is 12.4. The smallest absolute Gasteiger partial charge is 0.333 e. The minimum atomic E-state index is -1.61. The van der Waals surface area contributed by atoms with Crippen molar-refractivity contribution in [2.24, 2.45) is 23.7 Å². The monoisotopic (exact) mass is 888 g/mol. The highest BCUT2D eigenvalue weighted by Crippen LogP contribution is 2.78. The van der Waals surface area contributed by atoms with Gasteiger partial charge in [-0.15, -0.1) is 11.6 Å². The Labute approximate surface area is 379 Å². The number of halogens is 1. The van der Waals surface area contributed by atoms with E-state index in [1.54, 1.807) is 13.0 Å². The van der Waals surface area contributed by atoms with Gasteiger partial charge in [-0.2, -0.15) is 0 Å². The van der Waals surface area contributed by atoms with Crippen molar-refractivity contribution in [3.8, 4) is 17.2 Å². The van der Waals surface area contributed by atoms with Crippen molar-refractivity contribution in [2.75, 3.05) is 26.1 Å². The number of alkyl halides is 1. The molecule has 12 heteroatoms. The molecular formula is C52H57ClN2O9. The summed E-state index contributed by atoms with van der Waals surface area (Å²) in [7, 11) is 1.34. The molecule has 11 nitrogen and oxygen atoms in total. The fraction of sp³-hybridized carbons (Fsp3) is 0.500. The second kappa shape index (κ2) is 14.5. The second-order valence-corrected chi connectivity index (χ2v) is 20.4.